The predicted octanol–water partition coefficient (Wildman–Crippen LogP) is 2.15. The van der Waals surface area contributed by atoms with Crippen molar-refractivity contribution in [2.75, 3.05) is 40.0 Å². The molecule has 1 fully saturated rings. The maximum atomic E-state index is 13.0. The van der Waals surface area contributed by atoms with Gasteiger partial charge in [0.15, 0.2) is 0 Å². The van der Waals surface area contributed by atoms with E-state index in [0.29, 0.717) is 37.3 Å². The average Bonchev–Trinajstić information content (AvgIpc) is 2.80. The summed E-state index contributed by atoms with van der Waals surface area (Å²) in [5.41, 5.74) is 0.857. The number of nitrogens with zero attached hydrogens (tertiary/aromatic N) is 1. The molecule has 1 unspecified atom stereocenters. The average molecular weight is 445 g/mol. The Kier molecular flexibility index (Phi) is 6.38. The van der Waals surface area contributed by atoms with Crippen molar-refractivity contribution in [2.24, 2.45) is 0 Å². The summed E-state index contributed by atoms with van der Waals surface area (Å²) in [6, 6.07) is 14.7. The van der Waals surface area contributed by atoms with Crippen LogP contribution in [0.3, 0.4) is 0 Å². The first-order valence-electron chi connectivity index (χ1n) is 9.95. The van der Waals surface area contributed by atoms with Crippen LogP contribution in [-0.4, -0.2) is 53.3 Å². The molecule has 1 aliphatic heterocycles. The zero-order valence-corrected chi connectivity index (χ0v) is 17.9. The zero-order chi connectivity index (χ0) is 21.8. The molecule has 1 saturated heterocycles. The molecule has 164 valence electrons. The van der Waals surface area contributed by atoms with Gasteiger partial charge in [0, 0.05) is 37.1 Å². The molecule has 2 heterocycles. The summed E-state index contributed by atoms with van der Waals surface area (Å²) in [5.74, 6) is 0.743. The Balaban J connectivity index is 1.57. The Morgan fingerprint density at radius 2 is 1.81 bits per heavy atom. The molecule has 0 saturated carbocycles. The molecule has 0 radical (unpaired) electrons. The Bertz CT molecular complexity index is 1200. The fourth-order valence-corrected chi connectivity index (χ4v) is 4.74. The molecule has 9 heteroatoms. The fourth-order valence-electron chi connectivity index (χ4n) is 3.66. The third kappa shape index (κ3) is 4.96. The minimum Gasteiger partial charge on any atom is -0.497 e. The standard InChI is InChI=1S/C22H24N2O6S/c1-28-18-5-2-16(3-6-18)20(24-10-12-29-13-11-24)15-23-31(26,27)19-7-8-21-17(14-19)4-9-22(25)30-21/h2-9,14,20,23H,10-13,15H2,1H3. The molecule has 31 heavy (non-hydrogen) atoms. The van der Waals surface area contributed by atoms with Crippen LogP contribution in [0.1, 0.15) is 11.6 Å². The van der Waals surface area contributed by atoms with Gasteiger partial charge in [-0.05, 0) is 42.0 Å². The molecular weight excluding hydrogens is 420 g/mol. The monoisotopic (exact) mass is 444 g/mol. The molecule has 0 bridgehead atoms. The number of hydrogen-bond donors (Lipinski definition) is 1. The van der Waals surface area contributed by atoms with Gasteiger partial charge >= 0.3 is 5.63 Å². The van der Waals surface area contributed by atoms with Crippen molar-refractivity contribution < 1.29 is 22.3 Å². The molecule has 0 amide bonds. The van der Waals surface area contributed by atoms with Gasteiger partial charge in [0.2, 0.25) is 10.0 Å². The Labute approximate surface area is 180 Å². The number of fused-ring (bicyclic) bond motifs is 1. The van der Waals surface area contributed by atoms with Crippen LogP contribution in [0, 0.1) is 0 Å². The van der Waals surface area contributed by atoms with E-state index in [1.54, 1.807) is 13.2 Å². The summed E-state index contributed by atoms with van der Waals surface area (Å²) in [4.78, 5) is 13.7. The van der Waals surface area contributed by atoms with Crippen LogP contribution in [-0.2, 0) is 14.8 Å². The van der Waals surface area contributed by atoms with Crippen molar-refractivity contribution in [3.8, 4) is 5.75 Å². The third-order valence-electron chi connectivity index (χ3n) is 5.35. The van der Waals surface area contributed by atoms with Crippen molar-refractivity contribution in [3.05, 3.63) is 70.6 Å². The first-order valence-corrected chi connectivity index (χ1v) is 11.4. The molecule has 0 spiro atoms. The van der Waals surface area contributed by atoms with Crippen molar-refractivity contribution >= 4 is 21.0 Å². The molecular formula is C22H24N2O6S. The second-order valence-corrected chi connectivity index (χ2v) is 9.01. The van der Waals surface area contributed by atoms with Gasteiger partial charge in [0.1, 0.15) is 11.3 Å². The summed E-state index contributed by atoms with van der Waals surface area (Å²) < 4.78 is 44.5. The summed E-state index contributed by atoms with van der Waals surface area (Å²) in [7, 11) is -2.16. The number of methoxy groups -OCH3 is 1. The smallest absolute Gasteiger partial charge is 0.336 e. The van der Waals surface area contributed by atoms with E-state index in [1.165, 1.54) is 24.3 Å². The summed E-state index contributed by atoms with van der Waals surface area (Å²) in [5, 5.41) is 0.544. The normalized spacial score (nSPS) is 16.3. The van der Waals surface area contributed by atoms with Gasteiger partial charge in [-0.2, -0.15) is 0 Å². The van der Waals surface area contributed by atoms with E-state index in [2.05, 4.69) is 9.62 Å². The fraction of sp³-hybridized carbons (Fsp3) is 0.318. The maximum absolute atomic E-state index is 13.0. The van der Waals surface area contributed by atoms with E-state index >= 15 is 0 Å². The van der Waals surface area contributed by atoms with E-state index < -0.39 is 15.6 Å². The van der Waals surface area contributed by atoms with Crippen LogP contribution in [0.25, 0.3) is 11.0 Å². The number of rotatable bonds is 7. The minimum absolute atomic E-state index is 0.115. The van der Waals surface area contributed by atoms with Crippen LogP contribution in [0.15, 0.2) is 68.7 Å². The summed E-state index contributed by atoms with van der Waals surface area (Å²) >= 11 is 0. The van der Waals surface area contributed by atoms with E-state index in [4.69, 9.17) is 13.9 Å². The van der Waals surface area contributed by atoms with Crippen molar-refractivity contribution in [1.82, 2.24) is 9.62 Å². The number of benzene rings is 2. The van der Waals surface area contributed by atoms with E-state index in [-0.39, 0.29) is 17.5 Å². The molecule has 1 atom stereocenters. The first kappa shape index (κ1) is 21.5. The third-order valence-corrected chi connectivity index (χ3v) is 6.78. The quantitative estimate of drug-likeness (QED) is 0.558. The first-order chi connectivity index (χ1) is 15.0. The lowest BCUT2D eigenvalue weighted by molar-refractivity contribution is 0.0172. The van der Waals surface area contributed by atoms with E-state index in [9.17, 15) is 13.2 Å². The number of hydrogen-bond acceptors (Lipinski definition) is 7. The molecule has 8 nitrogen and oxygen atoms in total. The van der Waals surface area contributed by atoms with Gasteiger partial charge in [-0.3, -0.25) is 4.90 Å². The van der Waals surface area contributed by atoms with Gasteiger partial charge in [-0.1, -0.05) is 12.1 Å². The summed E-state index contributed by atoms with van der Waals surface area (Å²) in [6.07, 6.45) is 0. The predicted molar refractivity (Wildman–Crippen MR) is 116 cm³/mol. The van der Waals surface area contributed by atoms with E-state index in [0.717, 1.165) is 11.3 Å². The van der Waals surface area contributed by atoms with Crippen molar-refractivity contribution in [2.45, 2.75) is 10.9 Å². The van der Waals surface area contributed by atoms with Gasteiger partial charge in [0.05, 0.1) is 25.2 Å². The minimum atomic E-state index is -3.77. The van der Waals surface area contributed by atoms with Gasteiger partial charge in [-0.25, -0.2) is 17.9 Å². The highest BCUT2D eigenvalue weighted by Crippen LogP contribution is 2.25. The molecule has 3 aromatic rings. The maximum Gasteiger partial charge on any atom is 0.336 e. The highest BCUT2D eigenvalue weighted by molar-refractivity contribution is 7.89. The highest BCUT2D eigenvalue weighted by atomic mass is 32.2. The summed E-state index contributed by atoms with van der Waals surface area (Å²) in [6.45, 7) is 2.85. The van der Waals surface area contributed by atoms with Crippen LogP contribution in [0.2, 0.25) is 0 Å². The molecule has 2 aromatic carbocycles. The number of nitrogens with one attached hydrogen (secondary N) is 1. The van der Waals surface area contributed by atoms with Gasteiger partial charge in [-0.15, -0.1) is 0 Å². The molecule has 1 aliphatic rings. The second-order valence-electron chi connectivity index (χ2n) is 7.24. The lowest BCUT2D eigenvalue weighted by Crippen LogP contribution is -2.43. The number of sulfonamides is 1. The van der Waals surface area contributed by atoms with Crippen LogP contribution >= 0.6 is 0 Å². The van der Waals surface area contributed by atoms with E-state index in [1.807, 2.05) is 24.3 Å². The van der Waals surface area contributed by atoms with Crippen molar-refractivity contribution in [1.29, 1.82) is 0 Å². The molecule has 1 aromatic heterocycles. The second kappa shape index (κ2) is 9.19. The van der Waals surface area contributed by atoms with Crippen LogP contribution in [0.4, 0.5) is 0 Å². The number of morpholine rings is 1. The Hall–Kier alpha value is -2.72. The topological polar surface area (TPSA) is 98.1 Å². The van der Waals surface area contributed by atoms with Gasteiger partial charge < -0.3 is 13.9 Å². The Morgan fingerprint density at radius 1 is 1.06 bits per heavy atom. The largest absolute Gasteiger partial charge is 0.497 e. The molecule has 1 N–H and O–H groups in total. The molecule has 4 rings (SSSR count). The molecule has 0 aliphatic carbocycles. The Morgan fingerprint density at radius 3 is 2.52 bits per heavy atom. The highest BCUT2D eigenvalue weighted by Gasteiger charge is 2.25. The SMILES string of the molecule is COc1ccc(C(CNS(=O)(=O)c2ccc3oc(=O)ccc3c2)N2CCOCC2)cc1. The lowest BCUT2D eigenvalue weighted by atomic mass is 10.0. The van der Waals surface area contributed by atoms with Crippen LogP contribution < -0.4 is 15.1 Å². The lowest BCUT2D eigenvalue weighted by Gasteiger charge is -2.35. The van der Waals surface area contributed by atoms with Gasteiger partial charge in [0.25, 0.3) is 0 Å². The van der Waals surface area contributed by atoms with Crippen LogP contribution in [0.5, 0.6) is 5.75 Å². The zero-order valence-electron chi connectivity index (χ0n) is 17.1. The number of ether oxygens (including phenoxy) is 2. The van der Waals surface area contributed by atoms with Crippen molar-refractivity contribution in [3.63, 3.8) is 0 Å².